The van der Waals surface area contributed by atoms with Crippen LogP contribution in [0.4, 0.5) is 0 Å². The van der Waals surface area contributed by atoms with Gasteiger partial charge in [-0.25, -0.2) is 0 Å². The van der Waals surface area contributed by atoms with Gasteiger partial charge in [0.2, 0.25) is 0 Å². The molecule has 3 fully saturated rings. The predicted molar refractivity (Wildman–Crippen MR) is 74.4 cm³/mol. The zero-order valence-corrected chi connectivity index (χ0v) is 11.7. The molecule has 3 aliphatic rings. The van der Waals surface area contributed by atoms with Gasteiger partial charge in [0.05, 0.1) is 5.60 Å². The van der Waals surface area contributed by atoms with Crippen molar-refractivity contribution in [2.75, 3.05) is 6.61 Å². The van der Waals surface area contributed by atoms with Gasteiger partial charge >= 0.3 is 0 Å². The second-order valence-electron chi connectivity index (χ2n) is 6.97. The van der Waals surface area contributed by atoms with Crippen molar-refractivity contribution in [1.82, 2.24) is 0 Å². The second kappa shape index (κ2) is 5.50. The Kier molecular flexibility index (Phi) is 3.95. The minimum Gasteiger partial charge on any atom is -0.375 e. The SMILES string of the molecule is NC(C1CCCCC1)C1CCOC2(CCCC2)C1. The Bertz CT molecular complexity index is 266. The molecule has 2 unspecified atom stereocenters. The summed E-state index contributed by atoms with van der Waals surface area (Å²) in [5.74, 6) is 1.54. The molecule has 2 atom stereocenters. The van der Waals surface area contributed by atoms with Crippen LogP contribution in [0.15, 0.2) is 0 Å². The van der Waals surface area contributed by atoms with Gasteiger partial charge in [0.25, 0.3) is 0 Å². The third kappa shape index (κ3) is 2.60. The lowest BCUT2D eigenvalue weighted by Crippen LogP contribution is -2.47. The summed E-state index contributed by atoms with van der Waals surface area (Å²) in [4.78, 5) is 0. The van der Waals surface area contributed by atoms with Crippen LogP contribution in [0, 0.1) is 11.8 Å². The molecule has 0 bridgehead atoms. The van der Waals surface area contributed by atoms with E-state index in [0.29, 0.717) is 6.04 Å². The molecule has 3 rings (SSSR count). The third-order valence-electron chi connectivity index (χ3n) is 5.78. The van der Waals surface area contributed by atoms with Gasteiger partial charge < -0.3 is 10.5 Å². The van der Waals surface area contributed by atoms with Gasteiger partial charge in [-0.3, -0.25) is 0 Å². The van der Waals surface area contributed by atoms with Crippen LogP contribution in [-0.2, 0) is 4.74 Å². The maximum absolute atomic E-state index is 6.62. The van der Waals surface area contributed by atoms with E-state index in [1.165, 1.54) is 70.6 Å². The van der Waals surface area contributed by atoms with Crippen molar-refractivity contribution in [3.63, 3.8) is 0 Å². The van der Waals surface area contributed by atoms with Crippen molar-refractivity contribution in [1.29, 1.82) is 0 Å². The summed E-state index contributed by atoms with van der Waals surface area (Å²) in [5, 5.41) is 0. The summed E-state index contributed by atoms with van der Waals surface area (Å²) in [6.45, 7) is 0.963. The molecular formula is C16H29NO. The molecule has 1 spiro atoms. The van der Waals surface area contributed by atoms with E-state index >= 15 is 0 Å². The average Bonchev–Trinajstić information content (AvgIpc) is 2.87. The normalized spacial score (nSPS) is 34.8. The highest BCUT2D eigenvalue weighted by Gasteiger charge is 2.42. The average molecular weight is 251 g/mol. The Balaban J connectivity index is 1.60. The highest BCUT2D eigenvalue weighted by atomic mass is 16.5. The zero-order chi connectivity index (χ0) is 12.4. The monoisotopic (exact) mass is 251 g/mol. The summed E-state index contributed by atoms with van der Waals surface area (Å²) in [5.41, 5.74) is 6.86. The molecule has 1 saturated heterocycles. The molecule has 2 nitrogen and oxygen atoms in total. The second-order valence-corrected chi connectivity index (χ2v) is 6.97. The molecule has 0 aromatic carbocycles. The van der Waals surface area contributed by atoms with Crippen molar-refractivity contribution >= 4 is 0 Å². The number of rotatable bonds is 2. The van der Waals surface area contributed by atoms with E-state index in [-0.39, 0.29) is 5.60 Å². The molecule has 2 N–H and O–H groups in total. The lowest BCUT2D eigenvalue weighted by atomic mass is 9.73. The van der Waals surface area contributed by atoms with Crippen molar-refractivity contribution in [2.45, 2.75) is 82.3 Å². The first kappa shape index (κ1) is 12.9. The maximum Gasteiger partial charge on any atom is 0.0685 e. The molecule has 0 aromatic rings. The summed E-state index contributed by atoms with van der Waals surface area (Å²) in [6.07, 6.45) is 14.8. The molecule has 2 saturated carbocycles. The van der Waals surface area contributed by atoms with E-state index in [9.17, 15) is 0 Å². The van der Waals surface area contributed by atoms with E-state index in [0.717, 1.165) is 18.4 Å². The molecule has 104 valence electrons. The first-order valence-electron chi connectivity index (χ1n) is 8.19. The van der Waals surface area contributed by atoms with Crippen LogP contribution in [0.5, 0.6) is 0 Å². The summed E-state index contributed by atoms with van der Waals surface area (Å²) in [6, 6.07) is 0.451. The van der Waals surface area contributed by atoms with Gasteiger partial charge in [-0.05, 0) is 50.4 Å². The first-order chi connectivity index (χ1) is 8.79. The Morgan fingerprint density at radius 3 is 2.33 bits per heavy atom. The molecule has 18 heavy (non-hydrogen) atoms. The molecule has 2 heteroatoms. The van der Waals surface area contributed by atoms with Crippen molar-refractivity contribution in [2.24, 2.45) is 17.6 Å². The molecule has 2 aliphatic carbocycles. The minimum atomic E-state index is 0.245. The standard InChI is InChI=1S/C16H29NO/c17-15(13-6-2-1-3-7-13)14-8-11-18-16(12-14)9-4-5-10-16/h13-15H,1-12,17H2. The quantitative estimate of drug-likeness (QED) is 0.813. The lowest BCUT2D eigenvalue weighted by Gasteiger charge is -2.43. The van der Waals surface area contributed by atoms with Gasteiger partial charge in [0.15, 0.2) is 0 Å². The van der Waals surface area contributed by atoms with E-state index < -0.39 is 0 Å². The first-order valence-corrected chi connectivity index (χ1v) is 8.19. The fourth-order valence-electron chi connectivity index (χ4n) is 4.67. The summed E-state index contributed by atoms with van der Waals surface area (Å²) >= 11 is 0. The topological polar surface area (TPSA) is 35.2 Å². The van der Waals surface area contributed by atoms with Crippen LogP contribution in [0.25, 0.3) is 0 Å². The molecule has 1 heterocycles. The highest BCUT2D eigenvalue weighted by Crippen LogP contribution is 2.44. The van der Waals surface area contributed by atoms with Crippen molar-refractivity contribution in [3.8, 4) is 0 Å². The Labute approximate surface area is 112 Å². The van der Waals surface area contributed by atoms with E-state index in [1.54, 1.807) is 0 Å². The smallest absolute Gasteiger partial charge is 0.0685 e. The van der Waals surface area contributed by atoms with Gasteiger partial charge in [0, 0.05) is 12.6 Å². The largest absolute Gasteiger partial charge is 0.375 e. The van der Waals surface area contributed by atoms with Crippen LogP contribution in [0.1, 0.15) is 70.6 Å². The highest BCUT2D eigenvalue weighted by molar-refractivity contribution is 4.95. The molecule has 0 radical (unpaired) electrons. The van der Waals surface area contributed by atoms with E-state index in [2.05, 4.69) is 0 Å². The third-order valence-corrected chi connectivity index (χ3v) is 5.78. The van der Waals surface area contributed by atoms with E-state index in [1.807, 2.05) is 0 Å². The van der Waals surface area contributed by atoms with Crippen molar-refractivity contribution in [3.05, 3.63) is 0 Å². The lowest BCUT2D eigenvalue weighted by molar-refractivity contribution is -0.0993. The van der Waals surface area contributed by atoms with Crippen LogP contribution in [0.3, 0.4) is 0 Å². The van der Waals surface area contributed by atoms with Crippen LogP contribution >= 0.6 is 0 Å². The molecular weight excluding hydrogens is 222 g/mol. The number of hydrogen-bond donors (Lipinski definition) is 1. The maximum atomic E-state index is 6.62. The Hall–Kier alpha value is -0.0800. The van der Waals surface area contributed by atoms with Crippen LogP contribution in [-0.4, -0.2) is 18.2 Å². The molecule has 1 aliphatic heterocycles. The fourth-order valence-corrected chi connectivity index (χ4v) is 4.67. The number of nitrogens with two attached hydrogens (primary N) is 1. The van der Waals surface area contributed by atoms with Crippen LogP contribution in [0.2, 0.25) is 0 Å². The number of ether oxygens (including phenoxy) is 1. The van der Waals surface area contributed by atoms with Gasteiger partial charge in [-0.2, -0.15) is 0 Å². The summed E-state index contributed by atoms with van der Waals surface area (Å²) < 4.78 is 6.14. The molecule has 0 aromatic heterocycles. The van der Waals surface area contributed by atoms with E-state index in [4.69, 9.17) is 10.5 Å². The van der Waals surface area contributed by atoms with Gasteiger partial charge in [-0.1, -0.05) is 32.1 Å². The Morgan fingerprint density at radius 2 is 1.61 bits per heavy atom. The Morgan fingerprint density at radius 1 is 0.889 bits per heavy atom. The van der Waals surface area contributed by atoms with Crippen LogP contribution < -0.4 is 5.73 Å². The van der Waals surface area contributed by atoms with Gasteiger partial charge in [0.1, 0.15) is 0 Å². The fraction of sp³-hybridized carbons (Fsp3) is 1.00. The minimum absolute atomic E-state index is 0.245. The number of hydrogen-bond acceptors (Lipinski definition) is 2. The zero-order valence-electron chi connectivity index (χ0n) is 11.7. The van der Waals surface area contributed by atoms with Gasteiger partial charge in [-0.15, -0.1) is 0 Å². The van der Waals surface area contributed by atoms with Crippen molar-refractivity contribution < 1.29 is 4.74 Å². The molecule has 0 amide bonds. The summed E-state index contributed by atoms with van der Waals surface area (Å²) in [7, 11) is 0. The predicted octanol–water partition coefficient (Wildman–Crippen LogP) is 3.63.